The molecule has 100 valence electrons. The van der Waals surface area contributed by atoms with Crippen LogP contribution < -0.4 is 0 Å². The number of aliphatic hydroxyl groups is 1. The lowest BCUT2D eigenvalue weighted by atomic mass is 9.84. The Labute approximate surface area is 114 Å². The summed E-state index contributed by atoms with van der Waals surface area (Å²) in [6.45, 7) is 7.99. The minimum absolute atomic E-state index is 0.0932. The summed E-state index contributed by atoms with van der Waals surface area (Å²) in [5, 5.41) is 9.95. The number of rotatable bonds is 1. The number of ketones is 1. The van der Waals surface area contributed by atoms with Crippen molar-refractivity contribution in [3.63, 3.8) is 0 Å². The van der Waals surface area contributed by atoms with E-state index in [1.807, 2.05) is 43.3 Å². The number of Topliss-reactive ketones (excluding diaryl/α,β-unsaturated/α-hetero) is 1. The average molecular weight is 256 g/mol. The summed E-state index contributed by atoms with van der Waals surface area (Å²) >= 11 is 0. The van der Waals surface area contributed by atoms with E-state index < -0.39 is 0 Å². The molecule has 19 heavy (non-hydrogen) atoms. The molecule has 1 aliphatic carbocycles. The molecule has 0 radical (unpaired) electrons. The van der Waals surface area contributed by atoms with Gasteiger partial charge in [-0.25, -0.2) is 0 Å². The highest BCUT2D eigenvalue weighted by Crippen LogP contribution is 2.41. The van der Waals surface area contributed by atoms with Crippen LogP contribution in [0.3, 0.4) is 0 Å². The third kappa shape index (κ3) is 2.62. The van der Waals surface area contributed by atoms with E-state index in [2.05, 4.69) is 20.8 Å². The maximum Gasteiger partial charge on any atom is 0.223 e. The molecule has 0 spiro atoms. The molecule has 0 saturated carbocycles. The molecular weight excluding hydrogens is 236 g/mol. The Hall–Kier alpha value is -1.83. The molecule has 0 aliphatic heterocycles. The monoisotopic (exact) mass is 256 g/mol. The molecule has 2 nitrogen and oxygen atoms in total. The fraction of sp³-hybridized carbons (Fsp3) is 0.353. The number of allylic oxidation sites excluding steroid dienone is 3. The van der Waals surface area contributed by atoms with Crippen LogP contribution in [0.15, 0.2) is 53.3 Å². The van der Waals surface area contributed by atoms with Crippen molar-refractivity contribution < 1.29 is 9.90 Å². The Morgan fingerprint density at radius 1 is 1.16 bits per heavy atom. The Balaban J connectivity index is 2.55. The predicted molar refractivity (Wildman–Crippen MR) is 77.1 cm³/mol. The fourth-order valence-electron chi connectivity index (χ4n) is 2.51. The van der Waals surface area contributed by atoms with Gasteiger partial charge in [-0.15, -0.1) is 0 Å². The van der Waals surface area contributed by atoms with E-state index in [0.717, 1.165) is 11.1 Å². The van der Waals surface area contributed by atoms with Gasteiger partial charge >= 0.3 is 0 Å². The lowest BCUT2D eigenvalue weighted by Gasteiger charge is -2.19. The smallest absolute Gasteiger partial charge is 0.223 e. The van der Waals surface area contributed by atoms with Crippen molar-refractivity contribution >= 4 is 5.78 Å². The topological polar surface area (TPSA) is 37.3 Å². The van der Waals surface area contributed by atoms with Gasteiger partial charge in [0.25, 0.3) is 0 Å². The zero-order chi connectivity index (χ0) is 14.2. The lowest BCUT2D eigenvalue weighted by Crippen LogP contribution is -2.10. The zero-order valence-corrected chi connectivity index (χ0v) is 11.9. The number of carbonyl (C=O) groups excluding carboxylic acids is 1. The maximum atomic E-state index is 12.2. The Kier molecular flexibility index (Phi) is 3.36. The van der Waals surface area contributed by atoms with Crippen LogP contribution in [0.1, 0.15) is 39.2 Å². The predicted octanol–water partition coefficient (Wildman–Crippen LogP) is 4.16. The Bertz CT molecular complexity index is 557. The summed E-state index contributed by atoms with van der Waals surface area (Å²) in [7, 11) is 0. The highest BCUT2D eigenvalue weighted by Gasteiger charge is 2.36. The minimum atomic E-state index is -0.235. The number of hydrogen-bond acceptors (Lipinski definition) is 2. The molecule has 0 saturated heterocycles. The van der Waals surface area contributed by atoms with Crippen LogP contribution in [0, 0.1) is 5.41 Å². The molecule has 1 atom stereocenters. The molecule has 2 heteroatoms. The summed E-state index contributed by atoms with van der Waals surface area (Å²) in [6.07, 6.45) is 1.97. The first kappa shape index (κ1) is 13.6. The van der Waals surface area contributed by atoms with Crippen molar-refractivity contribution in [2.75, 3.05) is 0 Å². The van der Waals surface area contributed by atoms with E-state index in [-0.39, 0.29) is 22.9 Å². The third-order valence-electron chi connectivity index (χ3n) is 3.32. The fourth-order valence-corrected chi connectivity index (χ4v) is 2.51. The maximum absolute atomic E-state index is 12.2. The molecule has 0 bridgehead atoms. The summed E-state index contributed by atoms with van der Waals surface area (Å²) in [4.78, 5) is 12.2. The molecule has 0 fully saturated rings. The van der Waals surface area contributed by atoms with Crippen molar-refractivity contribution in [1.29, 1.82) is 0 Å². The Morgan fingerprint density at radius 2 is 1.74 bits per heavy atom. The molecule has 2 rings (SSSR count). The largest absolute Gasteiger partial charge is 0.504 e. The second kappa shape index (κ2) is 4.69. The lowest BCUT2D eigenvalue weighted by molar-refractivity contribution is -0.114. The van der Waals surface area contributed by atoms with Gasteiger partial charge in [0, 0.05) is 11.5 Å². The van der Waals surface area contributed by atoms with E-state index in [1.54, 1.807) is 0 Å². The van der Waals surface area contributed by atoms with E-state index in [0.29, 0.717) is 5.57 Å². The van der Waals surface area contributed by atoms with Crippen molar-refractivity contribution in [1.82, 2.24) is 0 Å². The van der Waals surface area contributed by atoms with Gasteiger partial charge in [0.15, 0.2) is 5.76 Å². The van der Waals surface area contributed by atoms with Gasteiger partial charge in [-0.05, 0) is 23.5 Å². The quantitative estimate of drug-likeness (QED) is 0.766. The first-order valence-corrected chi connectivity index (χ1v) is 6.53. The van der Waals surface area contributed by atoms with Crippen molar-refractivity contribution in [2.24, 2.45) is 5.41 Å². The summed E-state index contributed by atoms with van der Waals surface area (Å²) < 4.78 is 0. The molecule has 1 N–H and O–H groups in total. The van der Waals surface area contributed by atoms with E-state index in [1.165, 1.54) is 0 Å². The van der Waals surface area contributed by atoms with Gasteiger partial charge in [0.2, 0.25) is 5.78 Å². The molecule has 1 aromatic carbocycles. The summed E-state index contributed by atoms with van der Waals surface area (Å²) in [5.41, 5.74) is 2.39. The van der Waals surface area contributed by atoms with Crippen LogP contribution in [0.4, 0.5) is 0 Å². The van der Waals surface area contributed by atoms with E-state index in [9.17, 15) is 9.90 Å². The zero-order valence-electron chi connectivity index (χ0n) is 11.9. The molecule has 1 aromatic rings. The van der Waals surface area contributed by atoms with Crippen LogP contribution >= 0.6 is 0 Å². The number of carbonyl (C=O) groups is 1. The van der Waals surface area contributed by atoms with Crippen molar-refractivity contribution in [3.8, 4) is 0 Å². The molecule has 0 amide bonds. The van der Waals surface area contributed by atoms with Gasteiger partial charge in [0.1, 0.15) is 0 Å². The number of benzene rings is 1. The minimum Gasteiger partial charge on any atom is -0.504 e. The van der Waals surface area contributed by atoms with Gasteiger partial charge in [-0.2, -0.15) is 0 Å². The SMILES string of the molecule is CC1=C(O)C(=O)/C(=C\C(C)(C)C)C1c1ccccc1. The normalized spacial score (nSPS) is 22.4. The van der Waals surface area contributed by atoms with Crippen molar-refractivity contribution in [2.45, 2.75) is 33.6 Å². The third-order valence-corrected chi connectivity index (χ3v) is 3.32. The summed E-state index contributed by atoms with van der Waals surface area (Å²) in [6, 6.07) is 9.85. The van der Waals surface area contributed by atoms with Gasteiger partial charge in [-0.1, -0.05) is 57.2 Å². The highest BCUT2D eigenvalue weighted by molar-refractivity contribution is 6.11. The number of hydrogen-bond donors (Lipinski definition) is 1. The van der Waals surface area contributed by atoms with Crippen LogP contribution in [-0.2, 0) is 4.79 Å². The molecule has 0 aromatic heterocycles. The molecule has 1 unspecified atom stereocenters. The molecule has 0 heterocycles. The Morgan fingerprint density at radius 3 is 2.26 bits per heavy atom. The van der Waals surface area contributed by atoms with Gasteiger partial charge in [0.05, 0.1) is 0 Å². The van der Waals surface area contributed by atoms with Crippen molar-refractivity contribution in [3.05, 3.63) is 58.9 Å². The second-order valence-corrected chi connectivity index (χ2v) is 6.17. The summed E-state index contributed by atoms with van der Waals surface area (Å²) in [5.74, 6) is -0.446. The molecule has 1 aliphatic rings. The van der Waals surface area contributed by atoms with Gasteiger partial charge in [-0.3, -0.25) is 4.79 Å². The van der Waals surface area contributed by atoms with Crippen LogP contribution in [-0.4, -0.2) is 10.9 Å². The van der Waals surface area contributed by atoms with E-state index >= 15 is 0 Å². The van der Waals surface area contributed by atoms with Crippen LogP contribution in [0.2, 0.25) is 0 Å². The number of aliphatic hydroxyl groups excluding tert-OH is 1. The highest BCUT2D eigenvalue weighted by atomic mass is 16.3. The second-order valence-electron chi connectivity index (χ2n) is 6.17. The molecular formula is C17H20O2. The van der Waals surface area contributed by atoms with Crippen LogP contribution in [0.25, 0.3) is 0 Å². The van der Waals surface area contributed by atoms with Crippen LogP contribution in [0.5, 0.6) is 0 Å². The standard InChI is InChI=1S/C17H20O2/c1-11-14(12-8-6-5-7-9-12)13(10-17(2,3)4)16(19)15(11)18/h5-10,14,18H,1-4H3/b13-10-. The first-order chi connectivity index (χ1) is 8.81. The van der Waals surface area contributed by atoms with Gasteiger partial charge < -0.3 is 5.11 Å². The average Bonchev–Trinajstić information content (AvgIpc) is 2.54. The van der Waals surface area contributed by atoms with E-state index in [4.69, 9.17) is 0 Å². The first-order valence-electron chi connectivity index (χ1n) is 6.53.